The molecule has 1 amide bonds. The summed E-state index contributed by atoms with van der Waals surface area (Å²) in [5.41, 5.74) is 3.61. The lowest BCUT2D eigenvalue weighted by molar-refractivity contribution is 0.0951. The number of amides is 1. The molecule has 134 valence electrons. The molecule has 2 aromatic carbocycles. The Labute approximate surface area is 153 Å². The average molecular weight is 349 g/mol. The molecular weight excluding hydrogens is 326 g/mol. The zero-order valence-electron chi connectivity index (χ0n) is 15.2. The molecule has 0 saturated heterocycles. The maximum atomic E-state index is 12.6. The van der Waals surface area contributed by atoms with Crippen molar-refractivity contribution in [3.63, 3.8) is 0 Å². The largest absolute Gasteiger partial charge is 0.496 e. The Morgan fingerprint density at radius 3 is 3.00 bits per heavy atom. The van der Waals surface area contributed by atoms with Crippen molar-refractivity contribution in [1.82, 2.24) is 14.9 Å². The summed E-state index contributed by atoms with van der Waals surface area (Å²) < 4.78 is 7.62. The van der Waals surface area contributed by atoms with Crippen molar-refractivity contribution < 1.29 is 9.53 Å². The summed E-state index contributed by atoms with van der Waals surface area (Å²) in [7, 11) is 1.63. The normalized spacial score (nSPS) is 16.3. The van der Waals surface area contributed by atoms with Crippen LogP contribution in [0.15, 0.2) is 42.5 Å². The maximum Gasteiger partial charge on any atom is 0.251 e. The van der Waals surface area contributed by atoms with Gasteiger partial charge in [0.15, 0.2) is 0 Å². The van der Waals surface area contributed by atoms with E-state index in [0.717, 1.165) is 41.1 Å². The van der Waals surface area contributed by atoms with Crippen molar-refractivity contribution >= 4 is 16.9 Å². The van der Waals surface area contributed by atoms with E-state index in [9.17, 15) is 4.79 Å². The van der Waals surface area contributed by atoms with Gasteiger partial charge in [-0.15, -0.1) is 0 Å². The third-order valence-corrected chi connectivity index (χ3v) is 5.10. The molecule has 3 aromatic rings. The number of ether oxygens (including phenoxy) is 1. The third kappa shape index (κ3) is 3.05. The van der Waals surface area contributed by atoms with Gasteiger partial charge in [0.25, 0.3) is 5.91 Å². The molecule has 5 nitrogen and oxygen atoms in total. The van der Waals surface area contributed by atoms with Crippen LogP contribution in [-0.2, 0) is 19.5 Å². The van der Waals surface area contributed by atoms with Crippen LogP contribution in [0, 0.1) is 5.92 Å². The topological polar surface area (TPSA) is 56.1 Å². The SMILES string of the molecule is COc1ccccc1CNC(=O)c1ccc2c(c1)nc1n2CC[C@@H](C)C1. The van der Waals surface area contributed by atoms with Crippen LogP contribution in [0.25, 0.3) is 11.0 Å². The number of benzene rings is 2. The van der Waals surface area contributed by atoms with E-state index >= 15 is 0 Å². The molecule has 0 spiro atoms. The van der Waals surface area contributed by atoms with Gasteiger partial charge in [0.2, 0.25) is 0 Å². The van der Waals surface area contributed by atoms with Crippen LogP contribution < -0.4 is 10.1 Å². The highest BCUT2D eigenvalue weighted by Crippen LogP contribution is 2.26. The second kappa shape index (κ2) is 6.83. The number of carbonyl (C=O) groups excluding carboxylic acids is 1. The molecular formula is C21H23N3O2. The fourth-order valence-electron chi connectivity index (χ4n) is 3.62. The number of para-hydroxylation sites is 1. The van der Waals surface area contributed by atoms with E-state index in [2.05, 4.69) is 16.8 Å². The molecule has 1 atom stereocenters. The second-order valence-electron chi connectivity index (χ2n) is 6.98. The zero-order chi connectivity index (χ0) is 18.1. The maximum absolute atomic E-state index is 12.6. The molecule has 0 aliphatic carbocycles. The standard InChI is InChI=1S/C21H23N3O2/c1-14-9-10-24-18-8-7-15(12-17(18)23-20(24)11-14)21(25)22-13-16-5-3-4-6-19(16)26-2/h3-8,12,14H,9-11,13H2,1-2H3,(H,22,25)/t14-/m1/s1. The van der Waals surface area contributed by atoms with Gasteiger partial charge < -0.3 is 14.6 Å². The molecule has 0 saturated carbocycles. The predicted molar refractivity (Wildman–Crippen MR) is 101 cm³/mol. The summed E-state index contributed by atoms with van der Waals surface area (Å²) in [5.74, 6) is 2.48. The van der Waals surface area contributed by atoms with Gasteiger partial charge in [-0.05, 0) is 36.6 Å². The number of aryl methyl sites for hydroxylation is 1. The Morgan fingerprint density at radius 1 is 1.31 bits per heavy atom. The van der Waals surface area contributed by atoms with Crippen LogP contribution in [0.4, 0.5) is 0 Å². The van der Waals surface area contributed by atoms with Crippen LogP contribution in [0.2, 0.25) is 0 Å². The number of nitrogens with zero attached hydrogens (tertiary/aromatic N) is 2. The zero-order valence-corrected chi connectivity index (χ0v) is 15.2. The number of methoxy groups -OCH3 is 1. The number of hydrogen-bond acceptors (Lipinski definition) is 3. The fraction of sp³-hybridized carbons (Fsp3) is 0.333. The summed E-state index contributed by atoms with van der Waals surface area (Å²) in [5, 5.41) is 2.97. The van der Waals surface area contributed by atoms with Crippen LogP contribution in [0.3, 0.4) is 0 Å². The molecule has 4 rings (SSSR count). The molecule has 1 N–H and O–H groups in total. The molecule has 2 heterocycles. The van der Waals surface area contributed by atoms with Gasteiger partial charge in [-0.1, -0.05) is 25.1 Å². The number of carbonyl (C=O) groups is 1. The quantitative estimate of drug-likeness (QED) is 0.783. The van der Waals surface area contributed by atoms with Crippen molar-refractivity contribution in [2.75, 3.05) is 7.11 Å². The first kappa shape index (κ1) is 16.6. The summed E-state index contributed by atoms with van der Waals surface area (Å²) in [6, 6.07) is 13.5. The van der Waals surface area contributed by atoms with Crippen LogP contribution in [-0.4, -0.2) is 22.6 Å². The Morgan fingerprint density at radius 2 is 2.15 bits per heavy atom. The first-order chi connectivity index (χ1) is 12.7. The number of hydrogen-bond donors (Lipinski definition) is 1. The van der Waals surface area contributed by atoms with E-state index < -0.39 is 0 Å². The van der Waals surface area contributed by atoms with Crippen molar-refractivity contribution in [2.45, 2.75) is 32.9 Å². The lowest BCUT2D eigenvalue weighted by Gasteiger charge is -2.20. The number of aromatic nitrogens is 2. The summed E-state index contributed by atoms with van der Waals surface area (Å²) >= 11 is 0. The molecule has 0 radical (unpaired) electrons. The number of fused-ring (bicyclic) bond motifs is 3. The van der Waals surface area contributed by atoms with Crippen LogP contribution in [0.1, 0.15) is 35.1 Å². The molecule has 0 bridgehead atoms. The van der Waals surface area contributed by atoms with Crippen molar-refractivity contribution in [3.05, 3.63) is 59.4 Å². The van der Waals surface area contributed by atoms with Gasteiger partial charge in [-0.25, -0.2) is 4.98 Å². The summed E-state index contributed by atoms with van der Waals surface area (Å²) in [6.45, 7) is 3.70. The highest BCUT2D eigenvalue weighted by molar-refractivity contribution is 5.97. The predicted octanol–water partition coefficient (Wildman–Crippen LogP) is 3.56. The van der Waals surface area contributed by atoms with Crippen molar-refractivity contribution in [3.8, 4) is 5.75 Å². The molecule has 26 heavy (non-hydrogen) atoms. The van der Waals surface area contributed by atoms with E-state index in [1.54, 1.807) is 7.11 Å². The first-order valence-corrected chi connectivity index (χ1v) is 9.05. The lowest BCUT2D eigenvalue weighted by atomic mass is 10.0. The van der Waals surface area contributed by atoms with Gasteiger partial charge in [0, 0.05) is 30.6 Å². The van der Waals surface area contributed by atoms with E-state index in [0.29, 0.717) is 18.0 Å². The van der Waals surface area contributed by atoms with Crippen LogP contribution >= 0.6 is 0 Å². The van der Waals surface area contributed by atoms with Gasteiger partial charge >= 0.3 is 0 Å². The molecule has 1 aromatic heterocycles. The van der Waals surface area contributed by atoms with Gasteiger partial charge in [0.1, 0.15) is 11.6 Å². The van der Waals surface area contributed by atoms with E-state index in [1.165, 1.54) is 6.42 Å². The first-order valence-electron chi connectivity index (χ1n) is 9.05. The number of rotatable bonds is 4. The van der Waals surface area contributed by atoms with Crippen LogP contribution in [0.5, 0.6) is 5.75 Å². The smallest absolute Gasteiger partial charge is 0.251 e. The highest BCUT2D eigenvalue weighted by atomic mass is 16.5. The minimum atomic E-state index is -0.0999. The Hall–Kier alpha value is -2.82. The highest BCUT2D eigenvalue weighted by Gasteiger charge is 2.19. The molecule has 0 fully saturated rings. The number of nitrogens with one attached hydrogen (secondary N) is 1. The van der Waals surface area contributed by atoms with Crippen molar-refractivity contribution in [1.29, 1.82) is 0 Å². The average Bonchev–Trinajstić information content (AvgIpc) is 3.02. The second-order valence-corrected chi connectivity index (χ2v) is 6.98. The fourth-order valence-corrected chi connectivity index (χ4v) is 3.62. The summed E-state index contributed by atoms with van der Waals surface area (Å²) in [6.07, 6.45) is 2.18. The van der Waals surface area contributed by atoms with Gasteiger partial charge in [0.05, 0.1) is 18.1 Å². The van der Waals surface area contributed by atoms with Gasteiger partial charge in [-0.2, -0.15) is 0 Å². The minimum Gasteiger partial charge on any atom is -0.496 e. The lowest BCUT2D eigenvalue weighted by Crippen LogP contribution is -2.23. The van der Waals surface area contributed by atoms with E-state index in [4.69, 9.17) is 9.72 Å². The Bertz CT molecular complexity index is 961. The molecule has 5 heteroatoms. The van der Waals surface area contributed by atoms with Crippen molar-refractivity contribution in [2.24, 2.45) is 5.92 Å². The Kier molecular flexibility index (Phi) is 4.37. The van der Waals surface area contributed by atoms with E-state index in [1.807, 2.05) is 42.5 Å². The third-order valence-electron chi connectivity index (χ3n) is 5.10. The van der Waals surface area contributed by atoms with E-state index in [-0.39, 0.29) is 5.91 Å². The molecule has 1 aliphatic rings. The summed E-state index contributed by atoms with van der Waals surface area (Å²) in [4.78, 5) is 17.3. The number of imidazole rings is 1. The van der Waals surface area contributed by atoms with Gasteiger partial charge in [-0.3, -0.25) is 4.79 Å². The monoisotopic (exact) mass is 349 g/mol. The Balaban J connectivity index is 1.54. The molecule has 1 aliphatic heterocycles. The molecule has 0 unspecified atom stereocenters. The minimum absolute atomic E-state index is 0.0999.